The van der Waals surface area contributed by atoms with E-state index >= 15 is 0 Å². The highest BCUT2D eigenvalue weighted by Crippen LogP contribution is 2.16. The van der Waals surface area contributed by atoms with Gasteiger partial charge < -0.3 is 4.57 Å². The molecule has 0 amide bonds. The van der Waals surface area contributed by atoms with Gasteiger partial charge >= 0.3 is 5.69 Å². The van der Waals surface area contributed by atoms with Gasteiger partial charge in [0, 0.05) is 18.9 Å². The van der Waals surface area contributed by atoms with Crippen LogP contribution in [0.1, 0.15) is 6.42 Å². The second kappa shape index (κ2) is 4.77. The second-order valence-corrected chi connectivity index (χ2v) is 5.07. The van der Waals surface area contributed by atoms with E-state index in [0.29, 0.717) is 22.4 Å². The number of nitrogens with one attached hydrogen (secondary N) is 1. The summed E-state index contributed by atoms with van der Waals surface area (Å²) in [6, 6.07) is 0. The van der Waals surface area contributed by atoms with Crippen LogP contribution >= 0.6 is 31.9 Å². The summed E-state index contributed by atoms with van der Waals surface area (Å²) in [6.45, 7) is 0.656. The molecule has 0 radical (unpaired) electrons. The molecule has 2 aromatic rings. The third kappa shape index (κ3) is 2.11. The fourth-order valence-corrected chi connectivity index (χ4v) is 2.40. The van der Waals surface area contributed by atoms with Crippen LogP contribution in [-0.4, -0.2) is 24.4 Å². The first-order valence-corrected chi connectivity index (χ1v) is 6.88. The summed E-state index contributed by atoms with van der Waals surface area (Å²) < 4.78 is 3.64. The first-order chi connectivity index (χ1) is 8.06. The van der Waals surface area contributed by atoms with Crippen molar-refractivity contribution in [2.24, 2.45) is 7.05 Å². The second-order valence-electron chi connectivity index (χ2n) is 3.57. The van der Waals surface area contributed by atoms with Crippen molar-refractivity contribution in [2.45, 2.75) is 13.0 Å². The number of nitrogens with zero attached hydrogens (tertiary/aromatic N) is 3. The molecule has 0 unspecified atom stereocenters. The number of hydrogen-bond acceptors (Lipinski definition) is 3. The summed E-state index contributed by atoms with van der Waals surface area (Å²) >= 11 is 6.64. The molecule has 0 aliphatic heterocycles. The van der Waals surface area contributed by atoms with Crippen LogP contribution in [0.4, 0.5) is 0 Å². The summed E-state index contributed by atoms with van der Waals surface area (Å²) in [5.74, 6) is 0. The third-order valence-electron chi connectivity index (χ3n) is 2.48. The van der Waals surface area contributed by atoms with Gasteiger partial charge in [0.25, 0.3) is 5.56 Å². The van der Waals surface area contributed by atoms with Crippen LogP contribution in [0.15, 0.2) is 14.3 Å². The number of aromatic amines is 1. The number of alkyl halides is 1. The van der Waals surface area contributed by atoms with E-state index in [4.69, 9.17) is 0 Å². The highest BCUT2D eigenvalue weighted by atomic mass is 79.9. The highest BCUT2D eigenvalue weighted by Gasteiger charge is 2.14. The zero-order valence-electron chi connectivity index (χ0n) is 9.04. The van der Waals surface area contributed by atoms with Gasteiger partial charge in [-0.15, -0.1) is 0 Å². The molecule has 2 heterocycles. The van der Waals surface area contributed by atoms with Crippen molar-refractivity contribution < 1.29 is 0 Å². The van der Waals surface area contributed by atoms with E-state index in [-0.39, 0.29) is 0 Å². The van der Waals surface area contributed by atoms with Crippen molar-refractivity contribution in [2.75, 3.05) is 5.33 Å². The molecular formula is C9H10Br2N4O2. The molecule has 0 atom stereocenters. The van der Waals surface area contributed by atoms with Crippen molar-refractivity contribution in [1.82, 2.24) is 19.1 Å². The van der Waals surface area contributed by atoms with Gasteiger partial charge in [-0.2, -0.15) is 0 Å². The van der Waals surface area contributed by atoms with E-state index in [1.54, 1.807) is 11.6 Å². The first-order valence-electron chi connectivity index (χ1n) is 4.97. The van der Waals surface area contributed by atoms with Crippen molar-refractivity contribution in [3.05, 3.63) is 25.6 Å². The summed E-state index contributed by atoms with van der Waals surface area (Å²) in [4.78, 5) is 29.7. The summed E-state index contributed by atoms with van der Waals surface area (Å²) in [7, 11) is 1.58. The Bertz CT molecular complexity index is 670. The Hall–Kier alpha value is -0.890. The maximum absolute atomic E-state index is 11.8. The van der Waals surface area contributed by atoms with E-state index in [2.05, 4.69) is 41.8 Å². The lowest BCUT2D eigenvalue weighted by atomic mass is 10.4. The molecule has 6 nitrogen and oxygen atoms in total. The Kier molecular flexibility index (Phi) is 3.53. The Balaban J connectivity index is 2.78. The van der Waals surface area contributed by atoms with Crippen LogP contribution in [-0.2, 0) is 13.6 Å². The molecular weight excluding hydrogens is 356 g/mol. The van der Waals surface area contributed by atoms with Crippen molar-refractivity contribution in [1.29, 1.82) is 0 Å². The van der Waals surface area contributed by atoms with Crippen LogP contribution < -0.4 is 11.2 Å². The van der Waals surface area contributed by atoms with Gasteiger partial charge in [0.1, 0.15) is 0 Å². The predicted molar refractivity (Wildman–Crippen MR) is 71.7 cm³/mol. The SMILES string of the molecule is Cn1c(=O)[nH]c(=O)c2c1nc(Br)n2CCCBr. The first kappa shape index (κ1) is 12.6. The van der Waals surface area contributed by atoms with Gasteiger partial charge in [0.15, 0.2) is 15.9 Å². The van der Waals surface area contributed by atoms with E-state index in [1.165, 1.54) is 4.57 Å². The van der Waals surface area contributed by atoms with E-state index in [1.807, 2.05) is 0 Å². The summed E-state index contributed by atoms with van der Waals surface area (Å²) in [5, 5.41) is 0.836. The van der Waals surface area contributed by atoms with Crippen molar-refractivity contribution in [3.63, 3.8) is 0 Å². The fourth-order valence-electron chi connectivity index (χ4n) is 1.63. The molecule has 0 aromatic carbocycles. The Labute approximate surface area is 113 Å². The number of fused-ring (bicyclic) bond motifs is 1. The molecule has 2 aromatic heterocycles. The average Bonchev–Trinajstić information content (AvgIpc) is 2.61. The predicted octanol–water partition coefficient (Wildman–Crippen LogP) is 0.971. The van der Waals surface area contributed by atoms with Gasteiger partial charge in [-0.25, -0.2) is 9.78 Å². The third-order valence-corrected chi connectivity index (χ3v) is 3.64. The number of imidazole rings is 1. The maximum Gasteiger partial charge on any atom is 0.329 e. The lowest BCUT2D eigenvalue weighted by Gasteiger charge is -2.03. The summed E-state index contributed by atoms with van der Waals surface area (Å²) in [6.07, 6.45) is 0.867. The Morgan fingerprint density at radius 2 is 2.12 bits per heavy atom. The Morgan fingerprint density at radius 3 is 2.76 bits per heavy atom. The maximum atomic E-state index is 11.8. The van der Waals surface area contributed by atoms with E-state index in [9.17, 15) is 9.59 Å². The van der Waals surface area contributed by atoms with Crippen molar-refractivity contribution in [3.8, 4) is 0 Å². The van der Waals surface area contributed by atoms with Gasteiger partial charge in [-0.3, -0.25) is 14.3 Å². The number of aromatic nitrogens is 4. The van der Waals surface area contributed by atoms with Crippen LogP contribution in [0.5, 0.6) is 0 Å². The minimum atomic E-state index is -0.458. The lowest BCUT2D eigenvalue weighted by Crippen LogP contribution is -2.29. The zero-order chi connectivity index (χ0) is 12.6. The lowest BCUT2D eigenvalue weighted by molar-refractivity contribution is 0.686. The largest absolute Gasteiger partial charge is 0.329 e. The van der Waals surface area contributed by atoms with Gasteiger partial charge in [0.2, 0.25) is 0 Å². The normalized spacial score (nSPS) is 11.2. The molecule has 8 heteroatoms. The van der Waals surface area contributed by atoms with Gasteiger partial charge in [-0.1, -0.05) is 15.9 Å². The minimum Gasteiger partial charge on any atom is -0.313 e. The molecule has 0 saturated carbocycles. The number of halogens is 2. The highest BCUT2D eigenvalue weighted by molar-refractivity contribution is 9.10. The molecule has 92 valence electrons. The fraction of sp³-hybridized carbons (Fsp3) is 0.444. The number of hydrogen-bond donors (Lipinski definition) is 1. The smallest absolute Gasteiger partial charge is 0.313 e. The van der Waals surface area contributed by atoms with Gasteiger partial charge in [-0.05, 0) is 22.4 Å². The number of rotatable bonds is 3. The monoisotopic (exact) mass is 364 g/mol. The Morgan fingerprint density at radius 1 is 1.41 bits per heavy atom. The molecule has 17 heavy (non-hydrogen) atoms. The molecule has 2 rings (SSSR count). The van der Waals surface area contributed by atoms with Crippen LogP contribution in [0.3, 0.4) is 0 Å². The molecule has 0 aliphatic carbocycles. The zero-order valence-corrected chi connectivity index (χ0v) is 12.2. The molecule has 0 fully saturated rings. The molecule has 0 spiro atoms. The summed E-state index contributed by atoms with van der Waals surface area (Å²) in [5.41, 5.74) is -0.0591. The van der Waals surface area contributed by atoms with E-state index < -0.39 is 11.2 Å². The standard InChI is InChI=1S/C9H10Br2N4O2/c1-14-6-5(7(16)13-9(14)17)15(4-2-3-10)8(11)12-6/h2-4H2,1H3,(H,13,16,17). The van der Waals surface area contributed by atoms with Crippen LogP contribution in [0.2, 0.25) is 0 Å². The molecule has 0 aliphatic rings. The minimum absolute atomic E-state index is 0.389. The van der Waals surface area contributed by atoms with Crippen LogP contribution in [0.25, 0.3) is 11.2 Å². The molecule has 0 saturated heterocycles. The number of aryl methyl sites for hydroxylation is 2. The van der Waals surface area contributed by atoms with Gasteiger partial charge in [0.05, 0.1) is 0 Å². The molecule has 0 bridgehead atoms. The van der Waals surface area contributed by atoms with Crippen molar-refractivity contribution >= 4 is 43.0 Å². The van der Waals surface area contributed by atoms with Crippen LogP contribution in [0, 0.1) is 0 Å². The molecule has 1 N–H and O–H groups in total. The van der Waals surface area contributed by atoms with E-state index in [0.717, 1.165) is 11.8 Å². The quantitative estimate of drug-likeness (QED) is 0.650. The number of H-pyrrole nitrogens is 1. The topological polar surface area (TPSA) is 72.7 Å². The average molecular weight is 366 g/mol.